The zero-order valence-corrected chi connectivity index (χ0v) is 12.7. The van der Waals surface area contributed by atoms with Gasteiger partial charge in [0, 0.05) is 6.42 Å². The van der Waals surface area contributed by atoms with E-state index < -0.39 is 0 Å². The third-order valence-electron chi connectivity index (χ3n) is 3.63. The Bertz CT molecular complexity index is 730. The number of hydrogen-bond acceptors (Lipinski definition) is 3. The van der Waals surface area contributed by atoms with E-state index in [1.807, 2.05) is 30.4 Å². The number of nitrogens with zero attached hydrogens (tertiary/aromatic N) is 3. The molecule has 2 N–H and O–H groups in total. The Labute approximate surface area is 125 Å². The van der Waals surface area contributed by atoms with Crippen molar-refractivity contribution in [1.29, 1.82) is 0 Å². The summed E-state index contributed by atoms with van der Waals surface area (Å²) < 4.78 is 0. The van der Waals surface area contributed by atoms with Crippen LogP contribution in [0.25, 0.3) is 11.8 Å². The quantitative estimate of drug-likeness (QED) is 0.816. The summed E-state index contributed by atoms with van der Waals surface area (Å²) in [6, 6.07) is 6.04. The minimum Gasteiger partial charge on any atom is -0.397 e. The molecular weight excluding hydrogens is 260 g/mol. The van der Waals surface area contributed by atoms with Crippen LogP contribution in [-0.4, -0.2) is 15.0 Å². The Hall–Kier alpha value is -2.36. The summed E-state index contributed by atoms with van der Waals surface area (Å²) in [5.41, 5.74) is 10.9. The lowest BCUT2D eigenvalue weighted by molar-refractivity contribution is 0.591. The molecule has 0 saturated heterocycles. The normalized spacial score (nSPS) is 14.0. The number of allylic oxidation sites excluding steroid dienone is 3. The number of fused-ring (bicyclic) bond motifs is 1. The molecule has 1 aliphatic carbocycles. The van der Waals surface area contributed by atoms with Gasteiger partial charge in [0.1, 0.15) is 11.4 Å². The average Bonchev–Trinajstić information content (AvgIpc) is 2.68. The Morgan fingerprint density at radius 3 is 2.71 bits per heavy atom. The predicted octanol–water partition coefficient (Wildman–Crippen LogP) is 3.27. The zero-order valence-electron chi connectivity index (χ0n) is 12.7. The van der Waals surface area contributed by atoms with E-state index in [4.69, 9.17) is 5.73 Å². The van der Waals surface area contributed by atoms with Gasteiger partial charge in [-0.05, 0) is 23.1 Å². The molecule has 4 heteroatoms. The van der Waals surface area contributed by atoms with E-state index in [1.165, 1.54) is 0 Å². The molecule has 1 aromatic heterocycles. The van der Waals surface area contributed by atoms with Crippen molar-refractivity contribution in [2.45, 2.75) is 32.6 Å². The van der Waals surface area contributed by atoms with Gasteiger partial charge in [-0.2, -0.15) is 5.10 Å². The van der Waals surface area contributed by atoms with E-state index in [1.54, 1.807) is 4.80 Å². The maximum Gasteiger partial charge on any atom is 0.109 e. The SMILES string of the molecule is CC(C)(C)c1cccc(-n2nc3c(n2)CC=CC=C3)c1N. The molecule has 0 bridgehead atoms. The van der Waals surface area contributed by atoms with Gasteiger partial charge >= 0.3 is 0 Å². The molecule has 2 aromatic rings. The van der Waals surface area contributed by atoms with Crippen molar-refractivity contribution in [1.82, 2.24) is 15.0 Å². The summed E-state index contributed by atoms with van der Waals surface area (Å²) in [5, 5.41) is 9.15. The van der Waals surface area contributed by atoms with Crippen LogP contribution in [0.15, 0.2) is 36.4 Å². The second-order valence-electron chi connectivity index (χ2n) is 6.30. The number of nitrogens with two attached hydrogens (primary N) is 1. The van der Waals surface area contributed by atoms with Gasteiger partial charge in [-0.25, -0.2) is 0 Å². The van der Waals surface area contributed by atoms with Crippen molar-refractivity contribution in [2.75, 3.05) is 5.73 Å². The van der Waals surface area contributed by atoms with Crippen LogP contribution in [0.1, 0.15) is 37.7 Å². The molecular formula is C17H20N4. The van der Waals surface area contributed by atoms with Crippen molar-refractivity contribution >= 4 is 11.8 Å². The predicted molar refractivity (Wildman–Crippen MR) is 86.3 cm³/mol. The number of para-hydroxylation sites is 1. The molecule has 1 heterocycles. The molecule has 0 unspecified atom stereocenters. The number of anilines is 1. The number of hydrogen-bond donors (Lipinski definition) is 1. The van der Waals surface area contributed by atoms with Crippen LogP contribution >= 0.6 is 0 Å². The Morgan fingerprint density at radius 1 is 1.14 bits per heavy atom. The fourth-order valence-electron chi connectivity index (χ4n) is 2.52. The first kappa shape index (κ1) is 13.6. The van der Waals surface area contributed by atoms with Gasteiger partial charge in [-0.3, -0.25) is 0 Å². The minimum absolute atomic E-state index is 0.00696. The highest BCUT2D eigenvalue weighted by molar-refractivity contribution is 5.64. The van der Waals surface area contributed by atoms with Gasteiger partial charge in [0.2, 0.25) is 0 Å². The van der Waals surface area contributed by atoms with Gasteiger partial charge in [-0.1, -0.05) is 51.1 Å². The molecule has 3 rings (SSSR count). The monoisotopic (exact) mass is 280 g/mol. The molecule has 0 amide bonds. The summed E-state index contributed by atoms with van der Waals surface area (Å²) in [5.74, 6) is 0. The first-order valence-electron chi connectivity index (χ1n) is 7.15. The van der Waals surface area contributed by atoms with Crippen molar-refractivity contribution in [2.24, 2.45) is 0 Å². The first-order valence-corrected chi connectivity index (χ1v) is 7.15. The molecule has 0 radical (unpaired) electrons. The summed E-state index contributed by atoms with van der Waals surface area (Å²) in [6.07, 6.45) is 8.85. The lowest BCUT2D eigenvalue weighted by Crippen LogP contribution is -2.16. The van der Waals surface area contributed by atoms with Crippen molar-refractivity contribution in [3.63, 3.8) is 0 Å². The molecule has 108 valence electrons. The smallest absolute Gasteiger partial charge is 0.109 e. The number of nitrogen functional groups attached to an aromatic ring is 1. The average molecular weight is 280 g/mol. The lowest BCUT2D eigenvalue weighted by Gasteiger charge is -2.22. The van der Waals surface area contributed by atoms with E-state index in [0.29, 0.717) is 0 Å². The van der Waals surface area contributed by atoms with Gasteiger partial charge in [0.25, 0.3) is 0 Å². The first-order chi connectivity index (χ1) is 9.97. The fourth-order valence-corrected chi connectivity index (χ4v) is 2.52. The van der Waals surface area contributed by atoms with Crippen molar-refractivity contribution in [3.8, 4) is 5.69 Å². The number of aromatic nitrogens is 3. The molecule has 0 aliphatic heterocycles. The van der Waals surface area contributed by atoms with Crippen LogP contribution < -0.4 is 5.73 Å². The van der Waals surface area contributed by atoms with E-state index >= 15 is 0 Å². The zero-order chi connectivity index (χ0) is 15.0. The van der Waals surface area contributed by atoms with Gasteiger partial charge in [0.15, 0.2) is 0 Å². The van der Waals surface area contributed by atoms with Gasteiger partial charge in [-0.15, -0.1) is 9.90 Å². The molecule has 0 spiro atoms. The van der Waals surface area contributed by atoms with Crippen LogP contribution in [0, 0.1) is 0 Å². The third kappa shape index (κ3) is 2.49. The maximum absolute atomic E-state index is 6.36. The van der Waals surface area contributed by atoms with E-state index in [2.05, 4.69) is 43.1 Å². The van der Waals surface area contributed by atoms with Gasteiger partial charge in [0.05, 0.1) is 11.4 Å². The van der Waals surface area contributed by atoms with Crippen LogP contribution in [-0.2, 0) is 11.8 Å². The molecule has 1 aliphatic rings. The number of benzene rings is 1. The Kier molecular flexibility index (Phi) is 3.16. The molecule has 1 aromatic carbocycles. The number of rotatable bonds is 1. The van der Waals surface area contributed by atoms with Crippen molar-refractivity contribution < 1.29 is 0 Å². The minimum atomic E-state index is -0.00696. The van der Waals surface area contributed by atoms with Crippen LogP contribution in [0.3, 0.4) is 0 Å². The molecule has 0 fully saturated rings. The van der Waals surface area contributed by atoms with Crippen LogP contribution in [0.4, 0.5) is 5.69 Å². The fraction of sp³-hybridized carbons (Fsp3) is 0.294. The van der Waals surface area contributed by atoms with Crippen LogP contribution in [0.2, 0.25) is 0 Å². The highest BCUT2D eigenvalue weighted by atomic mass is 15.5. The van der Waals surface area contributed by atoms with Crippen molar-refractivity contribution in [3.05, 3.63) is 53.4 Å². The maximum atomic E-state index is 6.36. The van der Waals surface area contributed by atoms with Crippen LogP contribution in [0.5, 0.6) is 0 Å². The molecule has 0 saturated carbocycles. The second kappa shape index (κ2) is 4.88. The summed E-state index contributed by atoms with van der Waals surface area (Å²) in [4.78, 5) is 1.65. The molecule has 21 heavy (non-hydrogen) atoms. The van der Waals surface area contributed by atoms with E-state index in [-0.39, 0.29) is 5.41 Å². The summed E-state index contributed by atoms with van der Waals surface area (Å²) in [7, 11) is 0. The Morgan fingerprint density at radius 2 is 1.95 bits per heavy atom. The largest absolute Gasteiger partial charge is 0.397 e. The Balaban J connectivity index is 2.10. The van der Waals surface area contributed by atoms with E-state index in [9.17, 15) is 0 Å². The molecule has 4 nitrogen and oxygen atoms in total. The highest BCUT2D eigenvalue weighted by Crippen LogP contribution is 2.31. The standard InChI is InChI=1S/C17H20N4/c1-17(2,3)12-8-7-11-15(16(12)18)21-19-13-9-5-4-6-10-14(13)20-21/h4-9,11H,10,18H2,1-3H3. The second-order valence-corrected chi connectivity index (χ2v) is 6.30. The summed E-state index contributed by atoms with van der Waals surface area (Å²) in [6.45, 7) is 6.46. The topological polar surface area (TPSA) is 56.7 Å². The van der Waals surface area contributed by atoms with Gasteiger partial charge < -0.3 is 5.73 Å². The molecule has 0 atom stereocenters. The summed E-state index contributed by atoms with van der Waals surface area (Å²) >= 11 is 0. The van der Waals surface area contributed by atoms with E-state index in [0.717, 1.165) is 34.7 Å². The highest BCUT2D eigenvalue weighted by Gasteiger charge is 2.20. The lowest BCUT2D eigenvalue weighted by atomic mass is 9.85. The third-order valence-corrected chi connectivity index (χ3v) is 3.63.